The van der Waals surface area contributed by atoms with Gasteiger partial charge in [-0.25, -0.2) is 0 Å². The zero-order chi connectivity index (χ0) is 18.7. The van der Waals surface area contributed by atoms with Crippen LogP contribution in [0.15, 0.2) is 24.3 Å². The Hall–Kier alpha value is -1.91. The summed E-state index contributed by atoms with van der Waals surface area (Å²) in [6, 6.07) is 0. The fourth-order valence-corrected chi connectivity index (χ4v) is 3.30. The second-order valence-corrected chi connectivity index (χ2v) is 6.61. The van der Waals surface area contributed by atoms with Crippen LogP contribution in [0.1, 0.15) is 71.6 Å². The third-order valence-electron chi connectivity index (χ3n) is 4.53. The highest BCUT2D eigenvalue weighted by atomic mass is 16.6. The lowest BCUT2D eigenvalue weighted by Crippen LogP contribution is -2.40. The van der Waals surface area contributed by atoms with Crippen molar-refractivity contribution in [1.29, 1.82) is 0 Å². The van der Waals surface area contributed by atoms with E-state index in [1.54, 1.807) is 12.2 Å². The smallest absolute Gasteiger partial charge is 0.303 e. The lowest BCUT2D eigenvalue weighted by atomic mass is 9.82. The molecule has 0 heterocycles. The molecule has 2 atom stereocenters. The van der Waals surface area contributed by atoms with Gasteiger partial charge in [0.15, 0.2) is 5.78 Å². The summed E-state index contributed by atoms with van der Waals surface area (Å²) in [5.41, 5.74) is -0.831. The molecular weight excluding hydrogens is 320 g/mol. The number of rotatable bonds is 12. The molecule has 0 saturated heterocycles. The maximum Gasteiger partial charge on any atom is 0.303 e. The van der Waals surface area contributed by atoms with E-state index in [0.29, 0.717) is 19.3 Å². The molecule has 0 aliphatic heterocycles. The fraction of sp³-hybridized carbons (Fsp3) is 0.650. The van der Waals surface area contributed by atoms with Crippen molar-refractivity contribution in [2.75, 3.05) is 0 Å². The van der Waals surface area contributed by atoms with Crippen LogP contribution >= 0.6 is 0 Å². The number of allylic oxidation sites excluding steroid dienone is 3. The van der Waals surface area contributed by atoms with Crippen molar-refractivity contribution in [1.82, 2.24) is 0 Å². The maximum absolute atomic E-state index is 12.2. The SMILES string of the molecule is CC/C=C\CC1C(=O)C=CC1(CCCCCCCC(=O)O)OC(C)=O. The van der Waals surface area contributed by atoms with Crippen molar-refractivity contribution in [2.45, 2.75) is 77.2 Å². The molecule has 1 aliphatic rings. The number of hydrogen-bond donors (Lipinski definition) is 1. The minimum atomic E-state index is -0.831. The van der Waals surface area contributed by atoms with Gasteiger partial charge in [0.1, 0.15) is 5.60 Å². The zero-order valence-corrected chi connectivity index (χ0v) is 15.3. The van der Waals surface area contributed by atoms with Crippen LogP contribution in [0.3, 0.4) is 0 Å². The highest BCUT2D eigenvalue weighted by molar-refractivity contribution is 5.96. The molecule has 0 amide bonds. The number of carboxylic acid groups (broad SMARTS) is 1. The first-order valence-corrected chi connectivity index (χ1v) is 9.20. The molecule has 0 saturated carbocycles. The predicted octanol–water partition coefficient (Wildman–Crippen LogP) is 4.22. The molecule has 1 rings (SSSR count). The van der Waals surface area contributed by atoms with Gasteiger partial charge in [0.05, 0.1) is 5.92 Å². The summed E-state index contributed by atoms with van der Waals surface area (Å²) in [4.78, 5) is 34.3. The van der Waals surface area contributed by atoms with Gasteiger partial charge in [0.25, 0.3) is 0 Å². The van der Waals surface area contributed by atoms with Crippen LogP contribution in [-0.4, -0.2) is 28.4 Å². The summed E-state index contributed by atoms with van der Waals surface area (Å²) in [7, 11) is 0. The quantitative estimate of drug-likeness (QED) is 0.324. The molecular formula is C20H30O5. The highest BCUT2D eigenvalue weighted by Crippen LogP contribution is 2.38. The van der Waals surface area contributed by atoms with Crippen LogP contribution in [0.4, 0.5) is 0 Å². The first kappa shape index (κ1) is 21.1. The summed E-state index contributed by atoms with van der Waals surface area (Å²) in [6.07, 6.45) is 13.9. The molecule has 0 radical (unpaired) electrons. The van der Waals surface area contributed by atoms with Crippen molar-refractivity contribution < 1.29 is 24.2 Å². The number of unbranched alkanes of at least 4 members (excludes halogenated alkanes) is 4. The standard InChI is InChI=1S/C20H30O5/c1-3-4-8-11-17-18(22)13-15-20(17,25-16(2)21)14-10-7-5-6-9-12-19(23)24/h4,8,13,15,17H,3,5-7,9-12,14H2,1-2H3,(H,23,24)/b8-4-. The summed E-state index contributed by atoms with van der Waals surface area (Å²) in [5.74, 6) is -1.45. The molecule has 5 nitrogen and oxygen atoms in total. The van der Waals surface area contributed by atoms with Gasteiger partial charge in [-0.15, -0.1) is 0 Å². The van der Waals surface area contributed by atoms with Crippen LogP contribution < -0.4 is 0 Å². The zero-order valence-electron chi connectivity index (χ0n) is 15.3. The minimum Gasteiger partial charge on any atom is -0.481 e. The fourth-order valence-electron chi connectivity index (χ4n) is 3.30. The van der Waals surface area contributed by atoms with Gasteiger partial charge in [-0.05, 0) is 44.3 Å². The highest BCUT2D eigenvalue weighted by Gasteiger charge is 2.45. The average molecular weight is 350 g/mol. The van der Waals surface area contributed by atoms with E-state index < -0.39 is 11.6 Å². The lowest BCUT2D eigenvalue weighted by Gasteiger charge is -2.33. The summed E-state index contributed by atoms with van der Waals surface area (Å²) in [5, 5.41) is 8.63. The Bertz CT molecular complexity index is 520. The molecule has 0 aromatic carbocycles. The van der Waals surface area contributed by atoms with Crippen molar-refractivity contribution in [3.63, 3.8) is 0 Å². The number of carboxylic acids is 1. The normalized spacial score (nSPS) is 22.6. The monoisotopic (exact) mass is 350 g/mol. The molecule has 0 fully saturated rings. The molecule has 0 aromatic rings. The van der Waals surface area contributed by atoms with E-state index in [9.17, 15) is 14.4 Å². The molecule has 1 aliphatic carbocycles. The molecule has 0 spiro atoms. The third-order valence-corrected chi connectivity index (χ3v) is 4.53. The van der Waals surface area contributed by atoms with E-state index >= 15 is 0 Å². The van der Waals surface area contributed by atoms with Gasteiger partial charge in [-0.1, -0.05) is 38.3 Å². The van der Waals surface area contributed by atoms with E-state index in [4.69, 9.17) is 9.84 Å². The average Bonchev–Trinajstić information content (AvgIpc) is 2.83. The van der Waals surface area contributed by atoms with Crippen molar-refractivity contribution in [3.05, 3.63) is 24.3 Å². The number of ether oxygens (including phenoxy) is 1. The maximum atomic E-state index is 12.2. The van der Waals surface area contributed by atoms with Crippen LogP contribution in [0.25, 0.3) is 0 Å². The molecule has 2 unspecified atom stereocenters. The van der Waals surface area contributed by atoms with E-state index in [-0.39, 0.29) is 24.1 Å². The molecule has 25 heavy (non-hydrogen) atoms. The van der Waals surface area contributed by atoms with Crippen molar-refractivity contribution in [2.24, 2.45) is 5.92 Å². The number of carbonyl (C=O) groups excluding carboxylic acids is 2. The summed E-state index contributed by atoms with van der Waals surface area (Å²) >= 11 is 0. The van der Waals surface area contributed by atoms with Gasteiger partial charge < -0.3 is 9.84 Å². The van der Waals surface area contributed by atoms with Gasteiger partial charge in [0.2, 0.25) is 0 Å². The number of aliphatic carboxylic acids is 1. The number of carbonyl (C=O) groups is 3. The van der Waals surface area contributed by atoms with E-state index in [0.717, 1.165) is 32.1 Å². The van der Waals surface area contributed by atoms with Crippen LogP contribution in [-0.2, 0) is 19.1 Å². The summed E-state index contributed by atoms with van der Waals surface area (Å²) in [6.45, 7) is 3.41. The van der Waals surface area contributed by atoms with Crippen LogP contribution in [0, 0.1) is 5.92 Å². The Morgan fingerprint density at radius 1 is 1.20 bits per heavy atom. The van der Waals surface area contributed by atoms with Crippen LogP contribution in [0.5, 0.6) is 0 Å². The number of esters is 1. The second-order valence-electron chi connectivity index (χ2n) is 6.61. The molecule has 0 bridgehead atoms. The Morgan fingerprint density at radius 3 is 2.52 bits per heavy atom. The van der Waals surface area contributed by atoms with E-state index in [2.05, 4.69) is 0 Å². The Morgan fingerprint density at radius 2 is 1.88 bits per heavy atom. The topological polar surface area (TPSA) is 80.7 Å². The first-order chi connectivity index (χ1) is 11.9. The number of hydrogen-bond acceptors (Lipinski definition) is 4. The lowest BCUT2D eigenvalue weighted by molar-refractivity contribution is -0.158. The third kappa shape index (κ3) is 7.24. The van der Waals surface area contributed by atoms with Gasteiger partial charge in [-0.2, -0.15) is 0 Å². The van der Waals surface area contributed by atoms with Gasteiger partial charge in [0, 0.05) is 13.3 Å². The Balaban J connectivity index is 2.57. The van der Waals surface area contributed by atoms with Crippen LogP contribution in [0.2, 0.25) is 0 Å². The summed E-state index contributed by atoms with van der Waals surface area (Å²) < 4.78 is 5.61. The predicted molar refractivity (Wildman–Crippen MR) is 96.1 cm³/mol. The molecule has 5 heteroatoms. The van der Waals surface area contributed by atoms with E-state index in [1.165, 1.54) is 6.92 Å². The molecule has 140 valence electrons. The first-order valence-electron chi connectivity index (χ1n) is 9.20. The molecule has 0 aromatic heterocycles. The Labute approximate surface area is 150 Å². The molecule has 1 N–H and O–H groups in total. The number of ketones is 1. The second kappa shape index (κ2) is 10.9. The van der Waals surface area contributed by atoms with Crippen molar-refractivity contribution in [3.8, 4) is 0 Å². The largest absolute Gasteiger partial charge is 0.481 e. The minimum absolute atomic E-state index is 0.0171. The van der Waals surface area contributed by atoms with E-state index in [1.807, 2.05) is 19.1 Å². The van der Waals surface area contributed by atoms with Gasteiger partial charge in [-0.3, -0.25) is 14.4 Å². The Kier molecular flexibility index (Phi) is 9.17. The van der Waals surface area contributed by atoms with Gasteiger partial charge >= 0.3 is 11.9 Å². The van der Waals surface area contributed by atoms with Crippen molar-refractivity contribution >= 4 is 17.7 Å².